The van der Waals surface area contributed by atoms with E-state index in [-0.39, 0.29) is 18.1 Å². The molecule has 1 atom stereocenters. The first-order chi connectivity index (χ1) is 15.5. The molecule has 32 heavy (non-hydrogen) atoms. The number of H-pyrrole nitrogens is 1. The third kappa shape index (κ3) is 4.67. The van der Waals surface area contributed by atoms with Gasteiger partial charge < -0.3 is 36.8 Å². The van der Waals surface area contributed by atoms with Crippen LogP contribution in [0.4, 0.5) is 10.5 Å². The second-order valence-electron chi connectivity index (χ2n) is 8.47. The van der Waals surface area contributed by atoms with Gasteiger partial charge in [0.2, 0.25) is 5.82 Å². The van der Waals surface area contributed by atoms with Crippen LogP contribution >= 0.6 is 0 Å². The Morgan fingerprint density at radius 2 is 2.12 bits per heavy atom. The molecule has 0 radical (unpaired) electrons. The Labute approximate surface area is 186 Å². The number of aliphatic hydroxyl groups is 1. The number of carbonyl (C=O) groups excluding carboxylic acids is 1. The van der Waals surface area contributed by atoms with Gasteiger partial charge in [0.1, 0.15) is 6.61 Å². The first kappa shape index (κ1) is 22.4. The van der Waals surface area contributed by atoms with Gasteiger partial charge >= 0.3 is 6.09 Å². The standard InChI is InChI=1S/C20H31N9O3/c21-7-14(30)10-23-9-13-1-2-16(17(15(13)8-22)18-25-27-28-26-18)29-5-3-20(4-6-29)11-24-19(31)32-12-20/h1-2,14,23,30H,3-12,21-22H2,(H,24,31)(H,25,26,27,28)/t14-/m1/s1. The van der Waals surface area contributed by atoms with Gasteiger partial charge in [-0.2, -0.15) is 5.21 Å². The molecule has 0 bridgehead atoms. The number of nitrogens with zero attached hydrogens (tertiary/aromatic N) is 4. The largest absolute Gasteiger partial charge is 0.449 e. The van der Waals surface area contributed by atoms with Crippen LogP contribution in [0.3, 0.4) is 0 Å². The van der Waals surface area contributed by atoms with Crippen molar-refractivity contribution in [2.24, 2.45) is 16.9 Å². The molecular weight excluding hydrogens is 414 g/mol. The maximum atomic E-state index is 11.4. The minimum atomic E-state index is -0.596. The number of anilines is 1. The number of tetrazole rings is 1. The van der Waals surface area contributed by atoms with Crippen molar-refractivity contribution in [1.82, 2.24) is 31.3 Å². The van der Waals surface area contributed by atoms with Crippen molar-refractivity contribution in [1.29, 1.82) is 0 Å². The van der Waals surface area contributed by atoms with Crippen LogP contribution in [0.1, 0.15) is 24.0 Å². The summed E-state index contributed by atoms with van der Waals surface area (Å²) in [6, 6.07) is 4.12. The van der Waals surface area contributed by atoms with Crippen LogP contribution in [0, 0.1) is 5.41 Å². The number of nitrogens with two attached hydrogens (primary N) is 2. The fourth-order valence-electron chi connectivity index (χ4n) is 4.44. The highest BCUT2D eigenvalue weighted by atomic mass is 16.6. The number of nitrogens with one attached hydrogen (secondary N) is 3. The fraction of sp³-hybridized carbons (Fsp3) is 0.600. The van der Waals surface area contributed by atoms with Crippen molar-refractivity contribution in [2.75, 3.05) is 44.2 Å². The summed E-state index contributed by atoms with van der Waals surface area (Å²) in [7, 11) is 0. The highest BCUT2D eigenvalue weighted by molar-refractivity contribution is 5.79. The zero-order valence-corrected chi connectivity index (χ0v) is 18.0. The quantitative estimate of drug-likeness (QED) is 0.297. The number of amides is 1. The Balaban J connectivity index is 1.57. The molecular formula is C20H31N9O3. The molecule has 12 nitrogen and oxygen atoms in total. The molecule has 0 unspecified atom stereocenters. The smallest absolute Gasteiger partial charge is 0.407 e. The molecule has 1 aromatic carbocycles. The maximum absolute atomic E-state index is 11.4. The monoisotopic (exact) mass is 445 g/mol. The zero-order chi connectivity index (χ0) is 22.6. The van der Waals surface area contributed by atoms with Gasteiger partial charge in [-0.25, -0.2) is 4.79 Å². The topological polar surface area (TPSA) is 180 Å². The summed E-state index contributed by atoms with van der Waals surface area (Å²) < 4.78 is 5.26. The molecule has 1 aromatic heterocycles. The second-order valence-corrected chi connectivity index (χ2v) is 8.47. The third-order valence-electron chi connectivity index (χ3n) is 6.41. The van der Waals surface area contributed by atoms with E-state index in [2.05, 4.69) is 48.3 Å². The molecule has 1 amide bonds. The summed E-state index contributed by atoms with van der Waals surface area (Å²) in [5.74, 6) is 0.498. The van der Waals surface area contributed by atoms with Crippen LogP contribution in [0.5, 0.6) is 0 Å². The molecule has 12 heteroatoms. The van der Waals surface area contributed by atoms with E-state index in [0.717, 1.165) is 48.3 Å². The van der Waals surface area contributed by atoms with Gasteiger partial charge in [0.15, 0.2) is 0 Å². The first-order valence-electron chi connectivity index (χ1n) is 10.9. The number of alkyl carbamates (subject to hydrolysis) is 1. The molecule has 0 saturated carbocycles. The average molecular weight is 446 g/mol. The minimum Gasteiger partial charge on any atom is -0.449 e. The minimum absolute atomic E-state index is 0.0267. The van der Waals surface area contributed by atoms with Crippen molar-refractivity contribution < 1.29 is 14.6 Å². The number of ether oxygens (including phenoxy) is 1. The van der Waals surface area contributed by atoms with Gasteiger partial charge in [-0.05, 0) is 35.2 Å². The van der Waals surface area contributed by atoms with E-state index in [4.69, 9.17) is 16.2 Å². The fourth-order valence-corrected chi connectivity index (χ4v) is 4.44. The number of carbonyl (C=O) groups is 1. The highest BCUT2D eigenvalue weighted by Gasteiger charge is 2.39. The highest BCUT2D eigenvalue weighted by Crippen LogP contribution is 2.39. The van der Waals surface area contributed by atoms with E-state index < -0.39 is 6.10 Å². The van der Waals surface area contributed by atoms with E-state index in [0.29, 0.717) is 38.6 Å². The van der Waals surface area contributed by atoms with Crippen molar-refractivity contribution >= 4 is 11.8 Å². The van der Waals surface area contributed by atoms with E-state index in [1.807, 2.05) is 0 Å². The molecule has 3 heterocycles. The number of piperidine rings is 1. The van der Waals surface area contributed by atoms with Crippen LogP contribution < -0.4 is 27.0 Å². The number of aliphatic hydroxyl groups excluding tert-OH is 1. The second kappa shape index (κ2) is 9.77. The van der Waals surface area contributed by atoms with Crippen molar-refractivity contribution in [2.45, 2.75) is 32.0 Å². The number of cyclic esters (lactones) is 1. The number of rotatable bonds is 8. The first-order valence-corrected chi connectivity index (χ1v) is 10.9. The van der Waals surface area contributed by atoms with Crippen LogP contribution in [0.2, 0.25) is 0 Å². The van der Waals surface area contributed by atoms with Crippen molar-refractivity contribution in [3.63, 3.8) is 0 Å². The Morgan fingerprint density at radius 1 is 1.31 bits per heavy atom. The summed E-state index contributed by atoms with van der Waals surface area (Å²) in [5.41, 5.74) is 15.5. The summed E-state index contributed by atoms with van der Waals surface area (Å²) in [4.78, 5) is 13.7. The molecule has 1 spiro atoms. The Morgan fingerprint density at radius 3 is 2.75 bits per heavy atom. The van der Waals surface area contributed by atoms with Crippen LogP contribution in [0.25, 0.3) is 11.4 Å². The Kier molecular flexibility index (Phi) is 6.84. The number of hydrogen-bond donors (Lipinski definition) is 6. The van der Waals surface area contributed by atoms with Gasteiger partial charge in [-0.3, -0.25) is 0 Å². The summed E-state index contributed by atoms with van der Waals surface area (Å²) in [6.45, 7) is 4.17. The lowest BCUT2D eigenvalue weighted by Crippen LogP contribution is -2.53. The number of aromatic nitrogens is 4. The van der Waals surface area contributed by atoms with E-state index >= 15 is 0 Å². The zero-order valence-electron chi connectivity index (χ0n) is 18.0. The number of hydrogen-bond acceptors (Lipinski definition) is 10. The predicted molar refractivity (Wildman–Crippen MR) is 118 cm³/mol. The average Bonchev–Trinajstić information content (AvgIpc) is 3.36. The Bertz CT molecular complexity index is 901. The van der Waals surface area contributed by atoms with Gasteiger partial charge in [0.05, 0.1) is 11.7 Å². The van der Waals surface area contributed by atoms with E-state index in [9.17, 15) is 9.90 Å². The lowest BCUT2D eigenvalue weighted by atomic mass is 9.78. The van der Waals surface area contributed by atoms with Gasteiger partial charge in [-0.15, -0.1) is 10.2 Å². The normalized spacial score (nSPS) is 19.0. The van der Waals surface area contributed by atoms with Crippen LogP contribution in [0.15, 0.2) is 12.1 Å². The van der Waals surface area contributed by atoms with Gasteiger partial charge in [0.25, 0.3) is 0 Å². The number of aromatic amines is 1. The molecule has 2 fully saturated rings. The summed E-state index contributed by atoms with van der Waals surface area (Å²) in [5, 5.41) is 30.5. The van der Waals surface area contributed by atoms with Crippen LogP contribution in [-0.4, -0.2) is 77.3 Å². The predicted octanol–water partition coefficient (Wildman–Crippen LogP) is -0.939. The SMILES string of the molecule is NCc1c(CNC[C@H](O)CN)ccc(N2CCC3(CC2)CNC(=O)OC3)c1-c1nn[nH]n1. The molecule has 174 valence electrons. The van der Waals surface area contributed by atoms with Gasteiger partial charge in [-0.1, -0.05) is 6.07 Å². The molecule has 2 aliphatic rings. The molecule has 2 saturated heterocycles. The number of benzene rings is 1. The molecule has 2 aliphatic heterocycles. The molecule has 2 aromatic rings. The van der Waals surface area contributed by atoms with Crippen molar-refractivity contribution in [3.8, 4) is 11.4 Å². The van der Waals surface area contributed by atoms with Gasteiger partial charge in [0, 0.05) is 56.9 Å². The molecule has 8 N–H and O–H groups in total. The summed E-state index contributed by atoms with van der Waals surface area (Å²) >= 11 is 0. The molecule has 4 rings (SSSR count). The third-order valence-corrected chi connectivity index (χ3v) is 6.41. The van der Waals surface area contributed by atoms with Crippen LogP contribution in [-0.2, 0) is 17.8 Å². The lowest BCUT2D eigenvalue weighted by Gasteiger charge is -2.44. The maximum Gasteiger partial charge on any atom is 0.407 e. The molecule has 0 aliphatic carbocycles. The lowest BCUT2D eigenvalue weighted by molar-refractivity contribution is 0.0352. The van der Waals surface area contributed by atoms with Crippen molar-refractivity contribution in [3.05, 3.63) is 23.3 Å². The van der Waals surface area contributed by atoms with E-state index in [1.165, 1.54) is 0 Å². The summed E-state index contributed by atoms with van der Waals surface area (Å²) in [6.07, 6.45) is 0.865. The van der Waals surface area contributed by atoms with E-state index in [1.54, 1.807) is 0 Å². The Hall–Kier alpha value is -2.80.